The maximum Gasteiger partial charge on any atom is 0.332 e. The highest BCUT2D eigenvalue weighted by molar-refractivity contribution is 5.83. The summed E-state index contributed by atoms with van der Waals surface area (Å²) in [5, 5.41) is 0. The standard InChI is InChI=1S/C20H25N5O4/c1-3-5-11-29-19-23-17(21)16-18(24-19)25(20(27)22-16)14-8-6-13(7-9-14)12-15(26)28-10-4-2/h6-9H,3-5,10-12H2,1-2H3,(H,22,27)(H2,21,23,24). The molecule has 29 heavy (non-hydrogen) atoms. The summed E-state index contributed by atoms with van der Waals surface area (Å²) in [6.07, 6.45) is 2.80. The molecule has 0 atom stereocenters. The van der Waals surface area contributed by atoms with Gasteiger partial charge in [-0.2, -0.15) is 9.97 Å². The van der Waals surface area contributed by atoms with E-state index in [-0.39, 0.29) is 29.9 Å². The molecule has 0 bridgehead atoms. The number of H-pyrrole nitrogens is 1. The number of carbonyl (C=O) groups is 1. The number of unbranched alkanes of at least 4 members (excludes halogenated alkanes) is 1. The van der Waals surface area contributed by atoms with Crippen LogP contribution in [0.3, 0.4) is 0 Å². The first kappa shape index (κ1) is 20.4. The van der Waals surface area contributed by atoms with Gasteiger partial charge >= 0.3 is 17.7 Å². The predicted octanol–water partition coefficient (Wildman–Crippen LogP) is 2.37. The molecule has 154 valence electrons. The SMILES string of the molecule is CCCCOc1nc(N)c2[nH]c(=O)n(-c3ccc(CC(=O)OCCC)cc3)c2n1. The van der Waals surface area contributed by atoms with Gasteiger partial charge < -0.3 is 20.2 Å². The molecule has 9 nitrogen and oxygen atoms in total. The van der Waals surface area contributed by atoms with E-state index in [0.717, 1.165) is 24.8 Å². The molecule has 0 aliphatic rings. The van der Waals surface area contributed by atoms with Gasteiger partial charge in [-0.15, -0.1) is 0 Å². The van der Waals surface area contributed by atoms with Crippen LogP contribution in [0.1, 0.15) is 38.7 Å². The van der Waals surface area contributed by atoms with Crippen molar-refractivity contribution in [2.24, 2.45) is 0 Å². The number of esters is 1. The van der Waals surface area contributed by atoms with Crippen molar-refractivity contribution < 1.29 is 14.3 Å². The third-order valence-corrected chi connectivity index (χ3v) is 4.28. The Hall–Kier alpha value is -3.36. The van der Waals surface area contributed by atoms with Crippen molar-refractivity contribution in [1.29, 1.82) is 0 Å². The van der Waals surface area contributed by atoms with Crippen molar-refractivity contribution in [1.82, 2.24) is 19.5 Å². The summed E-state index contributed by atoms with van der Waals surface area (Å²) in [5.41, 5.74) is 7.66. The molecule has 0 unspecified atom stereocenters. The first-order valence-electron chi connectivity index (χ1n) is 9.69. The van der Waals surface area contributed by atoms with Gasteiger partial charge in [-0.3, -0.25) is 4.79 Å². The summed E-state index contributed by atoms with van der Waals surface area (Å²) in [4.78, 5) is 35.4. The van der Waals surface area contributed by atoms with Gasteiger partial charge in [0.2, 0.25) is 0 Å². The molecule has 0 aliphatic heterocycles. The quantitative estimate of drug-likeness (QED) is 0.418. The Morgan fingerprint density at radius 1 is 1.14 bits per heavy atom. The predicted molar refractivity (Wildman–Crippen MR) is 109 cm³/mol. The number of hydrogen-bond donors (Lipinski definition) is 2. The van der Waals surface area contributed by atoms with Crippen molar-refractivity contribution in [2.75, 3.05) is 18.9 Å². The molecule has 1 aromatic carbocycles. The fourth-order valence-corrected chi connectivity index (χ4v) is 2.79. The number of ether oxygens (including phenoxy) is 2. The summed E-state index contributed by atoms with van der Waals surface area (Å²) in [7, 11) is 0. The highest BCUT2D eigenvalue weighted by Crippen LogP contribution is 2.21. The summed E-state index contributed by atoms with van der Waals surface area (Å²) in [6.45, 7) is 4.88. The molecular weight excluding hydrogens is 374 g/mol. The maximum absolute atomic E-state index is 12.5. The molecule has 0 fully saturated rings. The summed E-state index contributed by atoms with van der Waals surface area (Å²) < 4.78 is 12.0. The third-order valence-electron chi connectivity index (χ3n) is 4.28. The van der Waals surface area contributed by atoms with Gasteiger partial charge in [0.25, 0.3) is 0 Å². The van der Waals surface area contributed by atoms with Crippen LogP contribution in [0, 0.1) is 0 Å². The summed E-state index contributed by atoms with van der Waals surface area (Å²) in [5.74, 6) is -0.133. The summed E-state index contributed by atoms with van der Waals surface area (Å²) >= 11 is 0. The monoisotopic (exact) mass is 399 g/mol. The van der Waals surface area contributed by atoms with Crippen LogP contribution in [0.2, 0.25) is 0 Å². The number of nitrogen functional groups attached to an aromatic ring is 1. The van der Waals surface area contributed by atoms with Crippen molar-refractivity contribution >= 4 is 23.0 Å². The lowest BCUT2D eigenvalue weighted by Gasteiger charge is -2.08. The number of aromatic nitrogens is 4. The average Bonchev–Trinajstić information content (AvgIpc) is 3.04. The minimum atomic E-state index is -0.387. The number of nitrogens with two attached hydrogens (primary N) is 1. The number of carbonyl (C=O) groups excluding carboxylic acids is 1. The smallest absolute Gasteiger partial charge is 0.332 e. The number of anilines is 1. The Balaban J connectivity index is 1.89. The van der Waals surface area contributed by atoms with Crippen molar-refractivity contribution in [3.8, 4) is 11.7 Å². The van der Waals surface area contributed by atoms with E-state index in [9.17, 15) is 9.59 Å². The van der Waals surface area contributed by atoms with Gasteiger partial charge in [0.15, 0.2) is 11.5 Å². The van der Waals surface area contributed by atoms with Crippen LogP contribution in [-0.4, -0.2) is 38.7 Å². The van der Waals surface area contributed by atoms with E-state index < -0.39 is 0 Å². The average molecular weight is 399 g/mol. The van der Waals surface area contributed by atoms with Crippen molar-refractivity contribution in [3.63, 3.8) is 0 Å². The zero-order valence-corrected chi connectivity index (χ0v) is 16.6. The van der Waals surface area contributed by atoms with E-state index >= 15 is 0 Å². The molecule has 3 rings (SSSR count). The number of rotatable bonds is 9. The fraction of sp³-hybridized carbons (Fsp3) is 0.400. The molecule has 0 amide bonds. The number of fused-ring (bicyclic) bond motifs is 1. The second-order valence-corrected chi connectivity index (χ2v) is 6.62. The molecule has 3 aromatic rings. The molecule has 0 spiro atoms. The van der Waals surface area contributed by atoms with E-state index in [1.54, 1.807) is 24.3 Å². The highest BCUT2D eigenvalue weighted by Gasteiger charge is 2.16. The van der Waals surface area contributed by atoms with Gasteiger partial charge in [0, 0.05) is 0 Å². The Morgan fingerprint density at radius 2 is 1.90 bits per heavy atom. The van der Waals surface area contributed by atoms with Crippen LogP contribution >= 0.6 is 0 Å². The second-order valence-electron chi connectivity index (χ2n) is 6.62. The lowest BCUT2D eigenvalue weighted by atomic mass is 10.1. The molecule has 0 radical (unpaired) electrons. The van der Waals surface area contributed by atoms with Crippen molar-refractivity contribution in [2.45, 2.75) is 39.5 Å². The highest BCUT2D eigenvalue weighted by atomic mass is 16.5. The number of imidazole rings is 1. The summed E-state index contributed by atoms with van der Waals surface area (Å²) in [6, 6.07) is 7.17. The van der Waals surface area contributed by atoms with Gasteiger partial charge in [0.1, 0.15) is 5.52 Å². The van der Waals surface area contributed by atoms with Crippen LogP contribution < -0.4 is 16.2 Å². The third kappa shape index (κ3) is 4.74. The van der Waals surface area contributed by atoms with Gasteiger partial charge in [-0.25, -0.2) is 9.36 Å². The minimum absolute atomic E-state index is 0.131. The lowest BCUT2D eigenvalue weighted by molar-refractivity contribution is -0.142. The molecule has 0 saturated carbocycles. The number of nitrogens with one attached hydrogen (secondary N) is 1. The Kier molecular flexibility index (Phi) is 6.48. The Morgan fingerprint density at radius 3 is 2.59 bits per heavy atom. The van der Waals surface area contributed by atoms with Crippen LogP contribution in [0.5, 0.6) is 6.01 Å². The van der Waals surface area contributed by atoms with E-state index in [4.69, 9.17) is 15.2 Å². The largest absolute Gasteiger partial charge is 0.465 e. The number of benzene rings is 1. The Bertz CT molecular complexity index is 1040. The Labute approximate surface area is 167 Å². The molecular formula is C20H25N5O4. The molecule has 0 aliphatic carbocycles. The zero-order chi connectivity index (χ0) is 20.8. The fourth-order valence-electron chi connectivity index (χ4n) is 2.79. The van der Waals surface area contributed by atoms with E-state index in [0.29, 0.717) is 30.1 Å². The first-order chi connectivity index (χ1) is 14.0. The van der Waals surface area contributed by atoms with Crippen LogP contribution in [0.25, 0.3) is 16.9 Å². The molecule has 2 aromatic heterocycles. The normalized spacial score (nSPS) is 11.0. The molecule has 9 heteroatoms. The second kappa shape index (κ2) is 9.22. The maximum atomic E-state index is 12.5. The molecule has 2 heterocycles. The van der Waals surface area contributed by atoms with Crippen molar-refractivity contribution in [3.05, 3.63) is 40.3 Å². The van der Waals surface area contributed by atoms with Crippen LogP contribution in [-0.2, 0) is 16.0 Å². The van der Waals surface area contributed by atoms with Gasteiger partial charge in [0.05, 0.1) is 25.3 Å². The lowest BCUT2D eigenvalue weighted by Crippen LogP contribution is -2.15. The first-order valence-corrected chi connectivity index (χ1v) is 9.69. The molecule has 0 saturated heterocycles. The van der Waals surface area contributed by atoms with E-state index in [1.165, 1.54) is 4.57 Å². The number of hydrogen-bond acceptors (Lipinski definition) is 7. The van der Waals surface area contributed by atoms with Crippen LogP contribution in [0.15, 0.2) is 29.1 Å². The number of aromatic amines is 1. The van der Waals surface area contributed by atoms with E-state index in [1.807, 2.05) is 6.92 Å². The minimum Gasteiger partial charge on any atom is -0.465 e. The van der Waals surface area contributed by atoms with Crippen LogP contribution in [0.4, 0.5) is 5.82 Å². The topological polar surface area (TPSA) is 125 Å². The molecule has 3 N–H and O–H groups in total. The van der Waals surface area contributed by atoms with Gasteiger partial charge in [-0.1, -0.05) is 32.4 Å². The van der Waals surface area contributed by atoms with Gasteiger partial charge in [-0.05, 0) is 30.5 Å². The zero-order valence-electron chi connectivity index (χ0n) is 16.6. The van der Waals surface area contributed by atoms with E-state index in [2.05, 4.69) is 21.9 Å². The number of nitrogens with zero attached hydrogens (tertiary/aromatic N) is 3.